The van der Waals surface area contributed by atoms with Crippen molar-refractivity contribution in [3.05, 3.63) is 38.9 Å². The van der Waals surface area contributed by atoms with E-state index in [0.717, 1.165) is 9.48 Å². The van der Waals surface area contributed by atoms with Crippen molar-refractivity contribution >= 4 is 39.0 Å². The number of carbonyl (C=O) groups excluding carboxylic acids is 1. The van der Waals surface area contributed by atoms with Crippen molar-refractivity contribution in [1.82, 2.24) is 9.97 Å². The molecule has 6 heteroatoms. The van der Waals surface area contributed by atoms with Crippen LogP contribution in [-0.4, -0.2) is 15.9 Å². The number of nitrogens with one attached hydrogen (secondary N) is 1. The molecule has 0 aromatic carbocycles. The van der Waals surface area contributed by atoms with Gasteiger partial charge in [0.2, 0.25) is 0 Å². The van der Waals surface area contributed by atoms with Gasteiger partial charge in [-0.25, -0.2) is 9.97 Å². The summed E-state index contributed by atoms with van der Waals surface area (Å²) in [5.41, 5.74) is 0.423. The van der Waals surface area contributed by atoms with Crippen LogP contribution in [0.5, 0.6) is 0 Å². The number of hydrogen-bond donors (Lipinski definition) is 1. The molecule has 0 fully saturated rings. The minimum absolute atomic E-state index is 0.237. The largest absolute Gasteiger partial charge is 0.305 e. The van der Waals surface area contributed by atoms with Crippen LogP contribution in [0.2, 0.25) is 0 Å². The number of aryl methyl sites for hydroxylation is 1. The van der Waals surface area contributed by atoms with Crippen molar-refractivity contribution < 1.29 is 4.79 Å². The van der Waals surface area contributed by atoms with Gasteiger partial charge in [0.05, 0.1) is 5.01 Å². The molecule has 0 atom stereocenters. The molecule has 1 N–H and O–H groups in total. The summed E-state index contributed by atoms with van der Waals surface area (Å²) in [5.74, 6) is 0.276. The Labute approximate surface area is 105 Å². The standard InChI is InChI=1S/C10H8BrN3OS/c1-6-13-8(5-16-6)10(15)14-9-3-2-7(11)4-12-9/h2-5H,1H3,(H,12,14,15). The van der Waals surface area contributed by atoms with E-state index < -0.39 is 0 Å². The van der Waals surface area contributed by atoms with Crippen LogP contribution in [-0.2, 0) is 0 Å². The lowest BCUT2D eigenvalue weighted by molar-refractivity contribution is 0.102. The van der Waals surface area contributed by atoms with Crippen LogP contribution in [0.15, 0.2) is 28.2 Å². The molecule has 2 aromatic heterocycles. The molecule has 0 bridgehead atoms. The highest BCUT2D eigenvalue weighted by molar-refractivity contribution is 9.10. The van der Waals surface area contributed by atoms with Gasteiger partial charge >= 0.3 is 0 Å². The first-order valence-corrected chi connectivity index (χ1v) is 6.17. The smallest absolute Gasteiger partial charge is 0.276 e. The first-order chi connectivity index (χ1) is 7.65. The lowest BCUT2D eigenvalue weighted by Crippen LogP contribution is -2.13. The number of amides is 1. The number of nitrogens with zero attached hydrogens (tertiary/aromatic N) is 2. The molecule has 2 aromatic rings. The van der Waals surface area contributed by atoms with E-state index in [4.69, 9.17) is 0 Å². The van der Waals surface area contributed by atoms with Crippen molar-refractivity contribution in [2.75, 3.05) is 5.32 Å². The number of hydrogen-bond acceptors (Lipinski definition) is 4. The predicted octanol–water partition coefficient (Wildman–Crippen LogP) is 2.86. The molecule has 2 heterocycles. The summed E-state index contributed by atoms with van der Waals surface area (Å²) < 4.78 is 0.870. The molecular weight excluding hydrogens is 290 g/mol. The zero-order valence-electron chi connectivity index (χ0n) is 8.40. The molecule has 0 radical (unpaired) electrons. The third kappa shape index (κ3) is 2.65. The van der Waals surface area contributed by atoms with Gasteiger partial charge in [-0.05, 0) is 35.0 Å². The van der Waals surface area contributed by atoms with Crippen LogP contribution in [0.25, 0.3) is 0 Å². The second-order valence-corrected chi connectivity index (χ2v) is 5.05. The van der Waals surface area contributed by atoms with E-state index in [1.54, 1.807) is 17.6 Å². The highest BCUT2D eigenvalue weighted by Gasteiger charge is 2.09. The Hall–Kier alpha value is -1.27. The molecule has 0 aliphatic carbocycles. The lowest BCUT2D eigenvalue weighted by atomic mass is 10.4. The third-order valence-electron chi connectivity index (χ3n) is 1.82. The Morgan fingerprint density at radius 3 is 2.88 bits per heavy atom. The highest BCUT2D eigenvalue weighted by Crippen LogP contribution is 2.13. The molecule has 16 heavy (non-hydrogen) atoms. The normalized spacial score (nSPS) is 10.1. The van der Waals surface area contributed by atoms with Crippen molar-refractivity contribution in [3.63, 3.8) is 0 Å². The topological polar surface area (TPSA) is 54.9 Å². The van der Waals surface area contributed by atoms with Crippen molar-refractivity contribution in [1.29, 1.82) is 0 Å². The Morgan fingerprint density at radius 2 is 2.31 bits per heavy atom. The van der Waals surface area contributed by atoms with E-state index >= 15 is 0 Å². The van der Waals surface area contributed by atoms with E-state index in [2.05, 4.69) is 31.2 Å². The monoisotopic (exact) mass is 297 g/mol. The van der Waals surface area contributed by atoms with E-state index in [9.17, 15) is 4.79 Å². The minimum atomic E-state index is -0.237. The lowest BCUT2D eigenvalue weighted by Gasteiger charge is -2.01. The van der Waals surface area contributed by atoms with Gasteiger partial charge in [-0.1, -0.05) is 0 Å². The van der Waals surface area contributed by atoms with E-state index in [1.807, 2.05) is 13.0 Å². The SMILES string of the molecule is Cc1nc(C(=O)Nc2ccc(Br)cn2)cs1. The number of thiazole rings is 1. The molecule has 82 valence electrons. The van der Waals surface area contributed by atoms with Gasteiger partial charge in [-0.15, -0.1) is 11.3 Å². The van der Waals surface area contributed by atoms with Crippen LogP contribution in [0.3, 0.4) is 0 Å². The van der Waals surface area contributed by atoms with Gasteiger partial charge in [0, 0.05) is 16.0 Å². The van der Waals surface area contributed by atoms with Gasteiger partial charge in [0.25, 0.3) is 5.91 Å². The quantitative estimate of drug-likeness (QED) is 0.927. The van der Waals surface area contributed by atoms with Gasteiger partial charge in [-0.3, -0.25) is 4.79 Å². The molecule has 4 nitrogen and oxygen atoms in total. The molecule has 0 saturated carbocycles. The number of pyridine rings is 1. The summed E-state index contributed by atoms with van der Waals surface area (Å²) in [5, 5.41) is 5.27. The molecule has 0 spiro atoms. The van der Waals surface area contributed by atoms with Crippen molar-refractivity contribution in [3.8, 4) is 0 Å². The Morgan fingerprint density at radius 1 is 1.50 bits per heavy atom. The predicted molar refractivity (Wildman–Crippen MR) is 66.7 cm³/mol. The first kappa shape index (κ1) is 11.2. The second kappa shape index (κ2) is 4.71. The molecule has 2 rings (SSSR count). The first-order valence-electron chi connectivity index (χ1n) is 4.50. The Bertz CT molecular complexity index is 509. The molecule has 0 unspecified atom stereocenters. The fraction of sp³-hybridized carbons (Fsp3) is 0.100. The maximum absolute atomic E-state index is 11.7. The van der Waals surface area contributed by atoms with E-state index in [0.29, 0.717) is 11.5 Å². The number of halogens is 1. The highest BCUT2D eigenvalue weighted by atomic mass is 79.9. The second-order valence-electron chi connectivity index (χ2n) is 3.07. The van der Waals surface area contributed by atoms with Crippen LogP contribution >= 0.6 is 27.3 Å². The summed E-state index contributed by atoms with van der Waals surface area (Å²) in [7, 11) is 0. The molecule has 0 saturated heterocycles. The molecule has 0 aliphatic rings. The van der Waals surface area contributed by atoms with Crippen LogP contribution in [0, 0.1) is 6.92 Å². The minimum Gasteiger partial charge on any atom is -0.305 e. The maximum atomic E-state index is 11.7. The summed E-state index contributed by atoms with van der Waals surface area (Å²) in [6.07, 6.45) is 1.63. The Balaban J connectivity index is 2.10. The van der Waals surface area contributed by atoms with Gasteiger partial charge in [0.15, 0.2) is 0 Å². The van der Waals surface area contributed by atoms with Crippen LogP contribution in [0.1, 0.15) is 15.5 Å². The molecule has 1 amide bonds. The van der Waals surface area contributed by atoms with Crippen LogP contribution < -0.4 is 5.32 Å². The van der Waals surface area contributed by atoms with Crippen molar-refractivity contribution in [2.24, 2.45) is 0 Å². The number of rotatable bonds is 2. The van der Waals surface area contributed by atoms with E-state index in [-0.39, 0.29) is 5.91 Å². The number of aromatic nitrogens is 2. The summed E-state index contributed by atoms with van der Waals surface area (Å²) in [6.45, 7) is 1.86. The fourth-order valence-corrected chi connectivity index (χ4v) is 1.93. The summed E-state index contributed by atoms with van der Waals surface area (Å²) in [4.78, 5) is 19.8. The Kier molecular flexibility index (Phi) is 3.31. The van der Waals surface area contributed by atoms with Crippen molar-refractivity contribution in [2.45, 2.75) is 6.92 Å². The fourth-order valence-electron chi connectivity index (χ4n) is 1.10. The summed E-state index contributed by atoms with van der Waals surface area (Å²) >= 11 is 4.72. The maximum Gasteiger partial charge on any atom is 0.276 e. The molecule has 0 aliphatic heterocycles. The third-order valence-corrected chi connectivity index (χ3v) is 3.06. The van der Waals surface area contributed by atoms with Gasteiger partial charge in [-0.2, -0.15) is 0 Å². The average Bonchev–Trinajstić information content (AvgIpc) is 2.68. The molecular formula is C10H8BrN3OS. The zero-order chi connectivity index (χ0) is 11.5. The van der Waals surface area contributed by atoms with Crippen LogP contribution in [0.4, 0.5) is 5.82 Å². The summed E-state index contributed by atoms with van der Waals surface area (Å²) in [6, 6.07) is 3.54. The number of carbonyl (C=O) groups is 1. The average molecular weight is 298 g/mol. The van der Waals surface area contributed by atoms with Gasteiger partial charge in [0.1, 0.15) is 11.5 Å². The van der Waals surface area contributed by atoms with E-state index in [1.165, 1.54) is 11.3 Å². The number of anilines is 1. The zero-order valence-corrected chi connectivity index (χ0v) is 10.8. The van der Waals surface area contributed by atoms with Gasteiger partial charge < -0.3 is 5.32 Å².